The molecule has 0 saturated carbocycles. The molecular weight excluding hydrogens is 406 g/mol. The first-order valence-corrected chi connectivity index (χ1v) is 11.9. The van der Waals surface area contributed by atoms with Crippen molar-refractivity contribution in [2.75, 3.05) is 13.1 Å². The van der Waals surface area contributed by atoms with Gasteiger partial charge in [0, 0.05) is 37.6 Å². The predicted octanol–water partition coefficient (Wildman–Crippen LogP) is 4.32. The average Bonchev–Trinajstić information content (AvgIpc) is 3.22. The molecule has 3 aromatic rings. The van der Waals surface area contributed by atoms with Gasteiger partial charge in [-0.15, -0.1) is 10.2 Å². The Balaban J connectivity index is 1.35. The van der Waals surface area contributed by atoms with Gasteiger partial charge >= 0.3 is 0 Å². The summed E-state index contributed by atoms with van der Waals surface area (Å²) < 4.78 is 2.07. The van der Waals surface area contributed by atoms with Crippen LogP contribution in [0.5, 0.6) is 0 Å². The van der Waals surface area contributed by atoms with E-state index in [-0.39, 0.29) is 11.2 Å². The summed E-state index contributed by atoms with van der Waals surface area (Å²) in [5.74, 6) is 1.66. The minimum atomic E-state index is -0.189. The van der Waals surface area contributed by atoms with Crippen molar-refractivity contribution < 1.29 is 4.79 Å². The van der Waals surface area contributed by atoms with Crippen molar-refractivity contribution in [1.82, 2.24) is 24.6 Å². The number of aromatic nitrogens is 4. The molecule has 1 amide bonds. The lowest BCUT2D eigenvalue weighted by Gasteiger charge is -2.33. The lowest BCUT2D eigenvalue weighted by molar-refractivity contribution is -0.131. The molecule has 31 heavy (non-hydrogen) atoms. The molecule has 1 aliphatic heterocycles. The van der Waals surface area contributed by atoms with Gasteiger partial charge in [0.15, 0.2) is 11.0 Å². The maximum Gasteiger partial charge on any atom is 0.235 e. The Morgan fingerprint density at radius 3 is 2.48 bits per heavy atom. The summed E-state index contributed by atoms with van der Waals surface area (Å²) >= 11 is 1.50. The highest BCUT2D eigenvalue weighted by Gasteiger charge is 2.28. The maximum absolute atomic E-state index is 13.1. The van der Waals surface area contributed by atoms with E-state index in [1.807, 2.05) is 24.0 Å². The van der Waals surface area contributed by atoms with E-state index in [4.69, 9.17) is 0 Å². The number of nitrogens with zero attached hydrogens (tertiary/aromatic N) is 5. The van der Waals surface area contributed by atoms with E-state index in [1.165, 1.54) is 17.3 Å². The molecule has 2 aromatic heterocycles. The number of hydrogen-bond donors (Lipinski definition) is 0. The van der Waals surface area contributed by atoms with E-state index in [1.54, 1.807) is 12.4 Å². The molecule has 0 radical (unpaired) electrons. The largest absolute Gasteiger partial charge is 0.342 e. The molecular formula is C24H29N5OS. The molecule has 162 valence electrons. The van der Waals surface area contributed by atoms with Gasteiger partial charge in [-0.05, 0) is 56.7 Å². The van der Waals surface area contributed by atoms with E-state index in [2.05, 4.69) is 57.0 Å². The molecule has 1 fully saturated rings. The maximum atomic E-state index is 13.1. The molecule has 1 atom stereocenters. The fourth-order valence-corrected chi connectivity index (χ4v) is 5.14. The van der Waals surface area contributed by atoms with Gasteiger partial charge in [-0.2, -0.15) is 0 Å². The zero-order valence-corrected chi connectivity index (χ0v) is 19.0. The molecule has 1 saturated heterocycles. The topological polar surface area (TPSA) is 63.9 Å². The number of likely N-dealkylation sites (tertiary alicyclic amines) is 1. The molecule has 0 aliphatic carbocycles. The summed E-state index contributed by atoms with van der Waals surface area (Å²) in [6, 6.07) is 14.5. The van der Waals surface area contributed by atoms with Gasteiger partial charge in [-0.1, -0.05) is 42.1 Å². The van der Waals surface area contributed by atoms with Crippen molar-refractivity contribution >= 4 is 17.7 Å². The lowest BCUT2D eigenvalue weighted by Crippen LogP contribution is -2.42. The second-order valence-electron chi connectivity index (χ2n) is 8.00. The number of hydrogen-bond acceptors (Lipinski definition) is 5. The second-order valence-corrected chi connectivity index (χ2v) is 9.31. The standard InChI is InChI=1S/C24H29N5OS/c1-3-29-22(21-9-13-25-14-10-21)26-27-24(29)31-18(2)23(30)28-15-11-20(12-16-28)17-19-7-5-4-6-8-19/h4-10,13-14,18,20H,3,11-12,15-17H2,1-2H3. The Morgan fingerprint density at radius 1 is 1.10 bits per heavy atom. The number of piperidine rings is 1. The Morgan fingerprint density at radius 2 is 1.81 bits per heavy atom. The van der Waals surface area contributed by atoms with Crippen LogP contribution < -0.4 is 0 Å². The highest BCUT2D eigenvalue weighted by Crippen LogP contribution is 2.29. The van der Waals surface area contributed by atoms with Gasteiger partial charge in [0.05, 0.1) is 5.25 Å². The molecule has 1 aliphatic rings. The molecule has 4 rings (SSSR count). The van der Waals surface area contributed by atoms with Crippen LogP contribution in [0.4, 0.5) is 0 Å². The molecule has 0 bridgehead atoms. The van der Waals surface area contributed by atoms with E-state index in [0.29, 0.717) is 5.92 Å². The number of rotatable bonds is 7. The minimum absolute atomic E-state index is 0.189. The van der Waals surface area contributed by atoms with Crippen LogP contribution in [-0.4, -0.2) is 48.9 Å². The monoisotopic (exact) mass is 435 g/mol. The van der Waals surface area contributed by atoms with Crippen molar-refractivity contribution in [2.45, 2.75) is 50.1 Å². The molecule has 7 heteroatoms. The Bertz CT molecular complexity index is 984. The zero-order valence-electron chi connectivity index (χ0n) is 18.1. The van der Waals surface area contributed by atoms with E-state index in [9.17, 15) is 4.79 Å². The fraction of sp³-hybridized carbons (Fsp3) is 0.417. The van der Waals surface area contributed by atoms with Crippen molar-refractivity contribution in [1.29, 1.82) is 0 Å². The summed E-state index contributed by atoms with van der Waals surface area (Å²) in [7, 11) is 0. The molecule has 1 aromatic carbocycles. The normalized spacial score (nSPS) is 15.7. The lowest BCUT2D eigenvalue weighted by atomic mass is 9.90. The van der Waals surface area contributed by atoms with Crippen LogP contribution in [0.2, 0.25) is 0 Å². The number of thioether (sulfide) groups is 1. The van der Waals surface area contributed by atoms with Gasteiger partial charge in [-0.3, -0.25) is 9.78 Å². The van der Waals surface area contributed by atoms with Gasteiger partial charge < -0.3 is 9.47 Å². The molecule has 0 N–H and O–H groups in total. The number of amides is 1. The Labute approximate surface area is 188 Å². The molecule has 0 spiro atoms. The van der Waals surface area contributed by atoms with Crippen LogP contribution in [0, 0.1) is 5.92 Å². The van der Waals surface area contributed by atoms with Crippen LogP contribution in [-0.2, 0) is 17.8 Å². The number of carbonyl (C=O) groups is 1. The molecule has 3 heterocycles. The van der Waals surface area contributed by atoms with E-state index in [0.717, 1.165) is 55.4 Å². The number of benzene rings is 1. The third kappa shape index (κ3) is 5.15. The highest BCUT2D eigenvalue weighted by atomic mass is 32.2. The Hall–Kier alpha value is -2.67. The first kappa shape index (κ1) is 21.6. The summed E-state index contributed by atoms with van der Waals surface area (Å²) in [6.07, 6.45) is 6.74. The first-order valence-electron chi connectivity index (χ1n) is 11.0. The number of pyridine rings is 1. The van der Waals surface area contributed by atoms with Crippen LogP contribution in [0.3, 0.4) is 0 Å². The number of carbonyl (C=O) groups excluding carboxylic acids is 1. The zero-order chi connectivity index (χ0) is 21.6. The molecule has 1 unspecified atom stereocenters. The van der Waals surface area contributed by atoms with E-state index >= 15 is 0 Å². The van der Waals surface area contributed by atoms with Crippen molar-refractivity contribution in [3.63, 3.8) is 0 Å². The SMILES string of the molecule is CCn1c(SC(C)C(=O)N2CCC(Cc3ccccc3)CC2)nnc1-c1ccncc1. The van der Waals surface area contributed by atoms with Crippen LogP contribution in [0.25, 0.3) is 11.4 Å². The van der Waals surface area contributed by atoms with Gasteiger partial charge in [-0.25, -0.2) is 0 Å². The van der Waals surface area contributed by atoms with Crippen molar-refractivity contribution in [3.8, 4) is 11.4 Å². The van der Waals surface area contributed by atoms with Crippen LogP contribution >= 0.6 is 11.8 Å². The third-order valence-corrected chi connectivity index (χ3v) is 6.96. The predicted molar refractivity (Wildman–Crippen MR) is 124 cm³/mol. The minimum Gasteiger partial charge on any atom is -0.342 e. The Kier molecular flexibility index (Phi) is 7.02. The third-order valence-electron chi connectivity index (χ3n) is 5.89. The van der Waals surface area contributed by atoms with Crippen molar-refractivity contribution in [3.05, 3.63) is 60.4 Å². The first-order chi connectivity index (χ1) is 15.2. The quantitative estimate of drug-likeness (QED) is 0.517. The highest BCUT2D eigenvalue weighted by molar-refractivity contribution is 8.00. The fourth-order valence-electron chi connectivity index (χ4n) is 4.15. The van der Waals surface area contributed by atoms with Gasteiger partial charge in [0.2, 0.25) is 5.91 Å². The van der Waals surface area contributed by atoms with Gasteiger partial charge in [0.1, 0.15) is 0 Å². The summed E-state index contributed by atoms with van der Waals surface area (Å²) in [6.45, 7) is 6.47. The van der Waals surface area contributed by atoms with Crippen LogP contribution in [0.15, 0.2) is 60.0 Å². The smallest absolute Gasteiger partial charge is 0.235 e. The summed E-state index contributed by atoms with van der Waals surface area (Å²) in [4.78, 5) is 19.2. The average molecular weight is 436 g/mol. The second kappa shape index (κ2) is 10.1. The van der Waals surface area contributed by atoms with E-state index < -0.39 is 0 Å². The molecule has 6 nitrogen and oxygen atoms in total. The summed E-state index contributed by atoms with van der Waals surface area (Å²) in [5, 5.41) is 9.34. The van der Waals surface area contributed by atoms with Crippen LogP contribution in [0.1, 0.15) is 32.3 Å². The van der Waals surface area contributed by atoms with Crippen molar-refractivity contribution in [2.24, 2.45) is 5.92 Å². The van der Waals surface area contributed by atoms with Gasteiger partial charge in [0.25, 0.3) is 0 Å². The summed E-state index contributed by atoms with van der Waals surface area (Å²) in [5.41, 5.74) is 2.37.